The highest BCUT2D eigenvalue weighted by molar-refractivity contribution is 6.03. The second-order valence-electron chi connectivity index (χ2n) is 19.7. The van der Waals surface area contributed by atoms with Crippen molar-refractivity contribution in [3.8, 4) is 0 Å². The Kier molecular flexibility index (Phi) is 25.4. The van der Waals surface area contributed by atoms with Crippen molar-refractivity contribution in [1.29, 1.82) is 0 Å². The van der Waals surface area contributed by atoms with Gasteiger partial charge in [-0.05, 0) is 109 Å². The molecule has 0 aliphatic rings. The van der Waals surface area contributed by atoms with Crippen LogP contribution < -0.4 is 0 Å². The zero-order valence-electron chi connectivity index (χ0n) is 42.5. The number of aryl methyl sites for hydroxylation is 2. The Morgan fingerprint density at radius 2 is 0.662 bits per heavy atom. The van der Waals surface area contributed by atoms with Gasteiger partial charge < -0.3 is 9.47 Å². The highest BCUT2D eigenvalue weighted by Gasteiger charge is 2.29. The van der Waals surface area contributed by atoms with Gasteiger partial charge in [-0.25, -0.2) is 9.59 Å². The van der Waals surface area contributed by atoms with E-state index in [0.717, 1.165) is 49.7 Å². The van der Waals surface area contributed by atoms with Crippen LogP contribution in [0.1, 0.15) is 211 Å². The average Bonchev–Trinajstić information content (AvgIpc) is 3.38. The highest BCUT2D eigenvalue weighted by atomic mass is 16.6. The summed E-state index contributed by atoms with van der Waals surface area (Å²) in [6.07, 6.45) is 24.1. The molecule has 4 nitrogen and oxygen atoms in total. The summed E-state index contributed by atoms with van der Waals surface area (Å²) in [6, 6.07) is 49.2. The van der Waals surface area contributed by atoms with Gasteiger partial charge in [-0.15, -0.1) is 0 Å². The summed E-state index contributed by atoms with van der Waals surface area (Å²) in [5.41, 5.74) is 5.31. The molecule has 5 aromatic carbocycles. The van der Waals surface area contributed by atoms with Gasteiger partial charge in [-0.3, -0.25) is 0 Å². The molecule has 6 unspecified atom stereocenters. The molecule has 0 spiro atoms. The first-order valence-corrected chi connectivity index (χ1v) is 27.1. The van der Waals surface area contributed by atoms with E-state index in [1.54, 1.807) is 12.1 Å². The van der Waals surface area contributed by atoms with Gasteiger partial charge in [0.1, 0.15) is 12.2 Å². The number of ether oxygens (including phenoxy) is 2. The number of hydrogen-bond donors (Lipinski definition) is 0. The Bertz CT molecular complexity index is 1920. The molecule has 0 radical (unpaired) electrons. The maximum absolute atomic E-state index is 14.5. The third kappa shape index (κ3) is 18.9. The van der Waals surface area contributed by atoms with E-state index < -0.39 is 24.1 Å². The van der Waals surface area contributed by atoms with Crippen LogP contribution in [0.5, 0.6) is 0 Å². The molecule has 6 atom stereocenters. The van der Waals surface area contributed by atoms with Crippen molar-refractivity contribution >= 4 is 11.9 Å². The molecule has 0 aliphatic carbocycles. The fourth-order valence-electron chi connectivity index (χ4n) is 10.8. The summed E-state index contributed by atoms with van der Waals surface area (Å²) in [6.45, 7) is 9.21. The molecule has 0 aromatic heterocycles. The van der Waals surface area contributed by atoms with E-state index in [1.165, 1.54) is 114 Å². The molecule has 5 rings (SSSR count). The monoisotopic (exact) mass is 919 g/mol. The molecule has 0 aliphatic heterocycles. The van der Waals surface area contributed by atoms with Crippen LogP contribution in [0.4, 0.5) is 0 Å². The smallest absolute Gasteiger partial charge is 0.339 e. The largest absolute Gasteiger partial charge is 0.454 e. The molecule has 0 fully saturated rings. The molecular formula is C64H86O4. The average molecular weight is 919 g/mol. The van der Waals surface area contributed by atoms with Crippen LogP contribution >= 0.6 is 0 Å². The van der Waals surface area contributed by atoms with E-state index in [1.807, 2.05) is 48.5 Å². The second kappa shape index (κ2) is 32.0. The minimum atomic E-state index is -0.480. The zero-order chi connectivity index (χ0) is 48.0. The first-order chi connectivity index (χ1) is 33.4. The van der Waals surface area contributed by atoms with Crippen LogP contribution in [0.3, 0.4) is 0 Å². The van der Waals surface area contributed by atoms with Gasteiger partial charge >= 0.3 is 11.9 Å². The van der Waals surface area contributed by atoms with Gasteiger partial charge in [0.05, 0.1) is 11.1 Å². The summed E-state index contributed by atoms with van der Waals surface area (Å²) < 4.78 is 13.1. The lowest BCUT2D eigenvalue weighted by Gasteiger charge is -2.29. The molecular weight excluding hydrogens is 833 g/mol. The van der Waals surface area contributed by atoms with Gasteiger partial charge in [0.15, 0.2) is 0 Å². The summed E-state index contributed by atoms with van der Waals surface area (Å²) >= 11 is 0. The number of esters is 2. The fourth-order valence-corrected chi connectivity index (χ4v) is 10.8. The Hall–Kier alpha value is -4.96. The second-order valence-corrected chi connectivity index (χ2v) is 19.7. The molecule has 0 bridgehead atoms. The van der Waals surface area contributed by atoms with Crippen molar-refractivity contribution in [2.45, 2.75) is 181 Å². The zero-order valence-corrected chi connectivity index (χ0v) is 42.5. The van der Waals surface area contributed by atoms with Crippen molar-refractivity contribution in [1.82, 2.24) is 0 Å². The lowest BCUT2D eigenvalue weighted by molar-refractivity contribution is 0.0203. The number of carbonyl (C=O) groups excluding carboxylic acids is 2. The molecule has 366 valence electrons. The quantitative estimate of drug-likeness (QED) is 0.0305. The SMILES string of the molecule is CCCCC(CCC)C(CCCCc1ccccc1)CCC(OC(=O)c1ccccc1C(=O)OC(CCC(CCCCc1ccccc1)C(CCC)CCCC)c1ccccc1)c1ccccc1. The van der Waals surface area contributed by atoms with Crippen molar-refractivity contribution in [2.24, 2.45) is 23.7 Å². The van der Waals surface area contributed by atoms with Gasteiger partial charge in [-0.1, -0.05) is 251 Å². The van der Waals surface area contributed by atoms with Crippen LogP contribution in [0.2, 0.25) is 0 Å². The Labute approximate surface area is 413 Å². The highest BCUT2D eigenvalue weighted by Crippen LogP contribution is 2.38. The predicted molar refractivity (Wildman–Crippen MR) is 285 cm³/mol. The molecule has 0 amide bonds. The minimum Gasteiger partial charge on any atom is -0.454 e. The van der Waals surface area contributed by atoms with Crippen molar-refractivity contribution in [2.75, 3.05) is 0 Å². The molecule has 4 heteroatoms. The first kappa shape index (κ1) is 54.0. The van der Waals surface area contributed by atoms with Gasteiger partial charge in [0.2, 0.25) is 0 Å². The van der Waals surface area contributed by atoms with Gasteiger partial charge in [-0.2, -0.15) is 0 Å². The van der Waals surface area contributed by atoms with Crippen LogP contribution in [-0.2, 0) is 22.3 Å². The van der Waals surface area contributed by atoms with E-state index in [2.05, 4.69) is 113 Å². The Morgan fingerprint density at radius 1 is 0.338 bits per heavy atom. The van der Waals surface area contributed by atoms with Crippen LogP contribution in [0.15, 0.2) is 146 Å². The summed E-state index contributed by atoms with van der Waals surface area (Å²) in [4.78, 5) is 29.0. The van der Waals surface area contributed by atoms with E-state index in [9.17, 15) is 9.59 Å². The lowest BCUT2D eigenvalue weighted by Crippen LogP contribution is -2.21. The van der Waals surface area contributed by atoms with Crippen LogP contribution in [0, 0.1) is 23.7 Å². The van der Waals surface area contributed by atoms with E-state index in [-0.39, 0.29) is 11.1 Å². The Balaban J connectivity index is 1.31. The topological polar surface area (TPSA) is 52.6 Å². The summed E-state index contributed by atoms with van der Waals surface area (Å²) in [5.74, 6) is 1.45. The maximum atomic E-state index is 14.5. The molecule has 0 saturated heterocycles. The Morgan fingerprint density at radius 3 is 1.01 bits per heavy atom. The van der Waals surface area contributed by atoms with Crippen molar-refractivity contribution < 1.29 is 19.1 Å². The normalized spacial score (nSPS) is 14.1. The van der Waals surface area contributed by atoms with E-state index in [4.69, 9.17) is 9.47 Å². The summed E-state index contributed by atoms with van der Waals surface area (Å²) in [5, 5.41) is 0. The number of rotatable bonds is 34. The predicted octanol–water partition coefficient (Wildman–Crippen LogP) is 18.3. The molecule has 0 N–H and O–H groups in total. The maximum Gasteiger partial charge on any atom is 0.339 e. The number of carbonyl (C=O) groups is 2. The van der Waals surface area contributed by atoms with Gasteiger partial charge in [0.25, 0.3) is 0 Å². The van der Waals surface area contributed by atoms with Crippen LogP contribution in [0.25, 0.3) is 0 Å². The third-order valence-electron chi connectivity index (χ3n) is 14.6. The van der Waals surface area contributed by atoms with Gasteiger partial charge in [0, 0.05) is 0 Å². The lowest BCUT2D eigenvalue weighted by atomic mass is 9.78. The van der Waals surface area contributed by atoms with Crippen molar-refractivity contribution in [3.05, 3.63) is 179 Å². The first-order valence-electron chi connectivity index (χ1n) is 27.1. The summed E-state index contributed by atoms with van der Waals surface area (Å²) in [7, 11) is 0. The number of unbranched alkanes of at least 4 members (excludes halogenated alkanes) is 4. The molecule has 0 heterocycles. The minimum absolute atomic E-state index is 0.258. The standard InChI is InChI=1S/C64H86O4/c1-5-9-37-53(29-7-3)55(39-25-23-35-51-31-15-11-16-32-51)47-49-61(57-41-19-13-20-42-57)67-63(65)59-45-27-28-46-60(59)64(66)68-62(58-43-21-14-22-44-58)50-48-56(54(30-8-4)38-10-6-2)40-26-24-36-52-33-17-12-18-34-52/h11-22,27-28,31-34,41-46,53-56,61-62H,5-10,23-26,29-30,35-40,47-50H2,1-4H3. The van der Waals surface area contributed by atoms with E-state index >= 15 is 0 Å². The van der Waals surface area contributed by atoms with Crippen LogP contribution in [-0.4, -0.2) is 11.9 Å². The number of benzene rings is 5. The molecule has 68 heavy (non-hydrogen) atoms. The fraction of sp³-hybridized carbons (Fsp3) is 0.500. The third-order valence-corrected chi connectivity index (χ3v) is 14.6. The molecule has 5 aromatic rings. The van der Waals surface area contributed by atoms with Crippen molar-refractivity contribution in [3.63, 3.8) is 0 Å². The molecule has 0 saturated carbocycles. The number of hydrogen-bond acceptors (Lipinski definition) is 4. The van der Waals surface area contributed by atoms with E-state index in [0.29, 0.717) is 23.7 Å².